The molecule has 0 unspecified atom stereocenters. The van der Waals surface area contributed by atoms with E-state index in [1.54, 1.807) is 20.8 Å². The molecule has 0 aromatic carbocycles. The highest BCUT2D eigenvalue weighted by molar-refractivity contribution is 6.01. The number of nitrogens with zero attached hydrogens (tertiary/aromatic N) is 2. The Hall–Kier alpha value is -2.02. The third-order valence-electron chi connectivity index (χ3n) is 2.72. The molecule has 1 fully saturated rings. The number of likely N-dealkylation sites (tertiary alicyclic amines) is 1. The van der Waals surface area contributed by atoms with Crippen LogP contribution in [0.15, 0.2) is 18.3 Å². The Balaban J connectivity index is 2.27. The van der Waals surface area contributed by atoms with E-state index in [1.165, 1.54) is 12.3 Å². The number of rotatable bonds is 1. The molecular weight excluding hydrogens is 267 g/mol. The van der Waals surface area contributed by atoms with Crippen LogP contribution in [0.1, 0.15) is 32.5 Å². The molecule has 108 valence electrons. The van der Waals surface area contributed by atoms with Crippen LogP contribution in [0.2, 0.25) is 0 Å². The van der Waals surface area contributed by atoms with E-state index in [0.29, 0.717) is 4.90 Å². The number of β-lactam (4-membered cyclic amide) rings is 1. The summed E-state index contributed by atoms with van der Waals surface area (Å²) >= 11 is 0. The summed E-state index contributed by atoms with van der Waals surface area (Å²) in [5, 5.41) is 9.67. The summed E-state index contributed by atoms with van der Waals surface area (Å²) < 4.78 is 18.7. The van der Waals surface area contributed by atoms with E-state index >= 15 is 0 Å². The van der Waals surface area contributed by atoms with Gasteiger partial charge in [0, 0.05) is 6.20 Å². The molecule has 1 N–H and O–H groups in total. The van der Waals surface area contributed by atoms with Gasteiger partial charge in [-0.3, -0.25) is 9.78 Å². The molecule has 2 amide bonds. The van der Waals surface area contributed by atoms with Gasteiger partial charge in [0.15, 0.2) is 6.10 Å². The number of ether oxygens (including phenoxy) is 1. The smallest absolute Gasteiger partial charge is 0.417 e. The van der Waals surface area contributed by atoms with Gasteiger partial charge in [-0.25, -0.2) is 14.1 Å². The Morgan fingerprint density at radius 3 is 2.70 bits per heavy atom. The van der Waals surface area contributed by atoms with Crippen molar-refractivity contribution in [2.45, 2.75) is 38.5 Å². The van der Waals surface area contributed by atoms with E-state index in [4.69, 9.17) is 4.74 Å². The molecule has 0 saturated carbocycles. The average molecular weight is 282 g/mol. The highest BCUT2D eigenvalue weighted by Crippen LogP contribution is 2.36. The number of halogens is 1. The van der Waals surface area contributed by atoms with Gasteiger partial charge in [0.1, 0.15) is 23.2 Å². The monoisotopic (exact) mass is 282 g/mol. The SMILES string of the molecule is CC(C)(C)OC(=O)N1C(=O)[C@H](O)[C@@H]1c1ncccc1F. The van der Waals surface area contributed by atoms with Crippen molar-refractivity contribution < 1.29 is 23.8 Å². The maximum absolute atomic E-state index is 13.7. The largest absolute Gasteiger partial charge is 0.443 e. The average Bonchev–Trinajstić information content (AvgIpc) is 2.33. The van der Waals surface area contributed by atoms with Gasteiger partial charge in [-0.05, 0) is 32.9 Å². The lowest BCUT2D eigenvalue weighted by Gasteiger charge is -2.42. The number of aromatic nitrogens is 1. The zero-order chi connectivity index (χ0) is 15.1. The lowest BCUT2D eigenvalue weighted by Crippen LogP contribution is -2.62. The van der Waals surface area contributed by atoms with Crippen LogP contribution in [0.4, 0.5) is 9.18 Å². The zero-order valence-electron chi connectivity index (χ0n) is 11.3. The fourth-order valence-electron chi connectivity index (χ4n) is 1.88. The number of carbonyl (C=O) groups is 2. The van der Waals surface area contributed by atoms with Crippen molar-refractivity contribution in [3.05, 3.63) is 29.8 Å². The normalized spacial score (nSPS) is 22.4. The molecule has 20 heavy (non-hydrogen) atoms. The number of hydrogen-bond donors (Lipinski definition) is 1. The Labute approximate surface area is 115 Å². The van der Waals surface area contributed by atoms with Crippen molar-refractivity contribution >= 4 is 12.0 Å². The molecule has 0 bridgehead atoms. The van der Waals surface area contributed by atoms with Crippen molar-refractivity contribution in [3.63, 3.8) is 0 Å². The first-order chi connectivity index (χ1) is 9.22. The lowest BCUT2D eigenvalue weighted by atomic mass is 9.94. The van der Waals surface area contributed by atoms with Crippen molar-refractivity contribution in [2.24, 2.45) is 0 Å². The zero-order valence-corrected chi connectivity index (χ0v) is 11.3. The molecule has 0 radical (unpaired) electrons. The first-order valence-corrected chi connectivity index (χ1v) is 6.07. The highest BCUT2D eigenvalue weighted by Gasteiger charge is 2.53. The Kier molecular flexibility index (Phi) is 3.47. The quantitative estimate of drug-likeness (QED) is 0.788. The standard InChI is InChI=1S/C13H15FN2O4/c1-13(2,3)20-12(19)16-9(10(17)11(16)18)8-7(14)5-4-6-15-8/h4-6,9-10,17H,1-3H3/t9-,10+/m0/s1. The van der Waals surface area contributed by atoms with Gasteiger partial charge in [0.2, 0.25) is 0 Å². The number of pyridine rings is 1. The maximum atomic E-state index is 13.7. The molecule has 1 aromatic rings. The van der Waals surface area contributed by atoms with Crippen molar-refractivity contribution in [1.82, 2.24) is 9.88 Å². The predicted octanol–water partition coefficient (Wildman–Crippen LogP) is 1.40. The minimum Gasteiger partial charge on any atom is -0.443 e. The van der Waals surface area contributed by atoms with Crippen LogP contribution < -0.4 is 0 Å². The van der Waals surface area contributed by atoms with E-state index in [0.717, 1.165) is 6.07 Å². The van der Waals surface area contributed by atoms with Crippen molar-refractivity contribution in [1.29, 1.82) is 0 Å². The first-order valence-electron chi connectivity index (χ1n) is 6.07. The van der Waals surface area contributed by atoms with Gasteiger partial charge >= 0.3 is 6.09 Å². The molecule has 1 saturated heterocycles. The summed E-state index contributed by atoms with van der Waals surface area (Å²) in [5.41, 5.74) is -0.962. The number of carbonyl (C=O) groups excluding carboxylic acids is 2. The fourth-order valence-corrected chi connectivity index (χ4v) is 1.88. The second kappa shape index (κ2) is 4.82. The predicted molar refractivity (Wildman–Crippen MR) is 66.0 cm³/mol. The van der Waals surface area contributed by atoms with Gasteiger partial charge in [-0.15, -0.1) is 0 Å². The Morgan fingerprint density at radius 1 is 1.50 bits per heavy atom. The number of aliphatic hydroxyl groups excluding tert-OH is 1. The van der Waals surface area contributed by atoms with Crippen LogP contribution in [0.5, 0.6) is 0 Å². The third-order valence-corrected chi connectivity index (χ3v) is 2.72. The highest BCUT2D eigenvalue weighted by atomic mass is 19.1. The minimum absolute atomic E-state index is 0.162. The van der Waals surface area contributed by atoms with Crippen LogP contribution in [0.25, 0.3) is 0 Å². The maximum Gasteiger partial charge on any atom is 0.417 e. The fraction of sp³-hybridized carbons (Fsp3) is 0.462. The van der Waals surface area contributed by atoms with Crippen molar-refractivity contribution in [2.75, 3.05) is 0 Å². The van der Waals surface area contributed by atoms with Crippen LogP contribution >= 0.6 is 0 Å². The summed E-state index contributed by atoms with van der Waals surface area (Å²) in [6, 6.07) is 1.37. The summed E-state index contributed by atoms with van der Waals surface area (Å²) in [5.74, 6) is -1.52. The molecule has 2 atom stereocenters. The van der Waals surface area contributed by atoms with Gasteiger partial charge in [0.05, 0.1) is 0 Å². The van der Waals surface area contributed by atoms with Gasteiger partial charge < -0.3 is 9.84 Å². The third kappa shape index (κ3) is 2.49. The number of aliphatic hydroxyl groups is 1. The Morgan fingerprint density at radius 2 is 2.15 bits per heavy atom. The lowest BCUT2D eigenvalue weighted by molar-refractivity contribution is -0.164. The molecule has 0 spiro atoms. The van der Waals surface area contributed by atoms with Crippen LogP contribution in [0.3, 0.4) is 0 Å². The summed E-state index contributed by atoms with van der Waals surface area (Å²) in [7, 11) is 0. The first kappa shape index (κ1) is 14.4. The second-order valence-corrected chi connectivity index (χ2v) is 5.45. The van der Waals surface area contributed by atoms with Gasteiger partial charge in [0.25, 0.3) is 5.91 Å². The summed E-state index contributed by atoms with van der Waals surface area (Å²) in [6.45, 7) is 4.92. The van der Waals surface area contributed by atoms with Crippen molar-refractivity contribution in [3.8, 4) is 0 Å². The van der Waals surface area contributed by atoms with E-state index in [9.17, 15) is 19.1 Å². The second-order valence-electron chi connectivity index (χ2n) is 5.45. The molecule has 1 aromatic heterocycles. The molecule has 2 heterocycles. The van der Waals surface area contributed by atoms with E-state index in [-0.39, 0.29) is 5.69 Å². The number of amides is 2. The van der Waals surface area contributed by atoms with Gasteiger partial charge in [-0.1, -0.05) is 0 Å². The summed E-state index contributed by atoms with van der Waals surface area (Å²) in [6.07, 6.45) is -1.10. The molecule has 6 nitrogen and oxygen atoms in total. The minimum atomic E-state index is -1.49. The molecule has 7 heteroatoms. The van der Waals surface area contributed by atoms with Crippen LogP contribution in [-0.4, -0.2) is 38.7 Å². The molecule has 1 aliphatic rings. The van der Waals surface area contributed by atoms with E-state index in [2.05, 4.69) is 4.98 Å². The molecular formula is C13H15FN2O4. The molecule has 0 aliphatic carbocycles. The van der Waals surface area contributed by atoms with E-state index < -0.39 is 35.6 Å². The topological polar surface area (TPSA) is 79.7 Å². The van der Waals surface area contributed by atoms with Crippen LogP contribution in [0, 0.1) is 5.82 Å². The number of imide groups is 1. The van der Waals surface area contributed by atoms with Gasteiger partial charge in [-0.2, -0.15) is 0 Å². The number of hydrogen-bond acceptors (Lipinski definition) is 5. The molecule has 2 rings (SSSR count). The van der Waals surface area contributed by atoms with E-state index in [1.807, 2.05) is 0 Å². The molecule has 1 aliphatic heterocycles. The Bertz CT molecular complexity index is 556. The summed E-state index contributed by atoms with van der Waals surface area (Å²) in [4.78, 5) is 28.0. The van der Waals surface area contributed by atoms with Crippen LogP contribution in [-0.2, 0) is 9.53 Å².